The Bertz CT molecular complexity index is 1120. The third kappa shape index (κ3) is 5.55. The number of H-pyrrole nitrogens is 1. The number of nitrogens with one attached hydrogen (secondary N) is 3. The van der Waals surface area contributed by atoms with Crippen molar-refractivity contribution in [1.82, 2.24) is 20.6 Å². The number of hydrogen-bond acceptors (Lipinski definition) is 3. The molecule has 5 nitrogen and oxygen atoms in total. The molecule has 31 heavy (non-hydrogen) atoms. The van der Waals surface area contributed by atoms with Crippen LogP contribution in [0, 0.1) is 0 Å². The second kappa shape index (κ2) is 10.00. The minimum absolute atomic E-state index is 0.0711. The van der Waals surface area contributed by atoms with E-state index in [1.807, 2.05) is 84.9 Å². The summed E-state index contributed by atoms with van der Waals surface area (Å²) in [6.45, 7) is 1.08. The van der Waals surface area contributed by atoms with Crippen molar-refractivity contribution in [2.75, 3.05) is 0 Å². The molecule has 0 saturated heterocycles. The number of aromatic nitrogens is 2. The van der Waals surface area contributed by atoms with Gasteiger partial charge in [0.05, 0.1) is 21.9 Å². The van der Waals surface area contributed by atoms with Gasteiger partial charge < -0.3 is 15.6 Å². The van der Waals surface area contributed by atoms with Crippen LogP contribution in [0.4, 0.5) is 0 Å². The van der Waals surface area contributed by atoms with Gasteiger partial charge in [0.15, 0.2) is 0 Å². The van der Waals surface area contributed by atoms with E-state index in [9.17, 15) is 4.79 Å². The van der Waals surface area contributed by atoms with E-state index in [1.165, 1.54) is 0 Å². The Morgan fingerprint density at radius 1 is 0.839 bits per heavy atom. The van der Waals surface area contributed by atoms with Crippen LogP contribution >= 0.6 is 12.2 Å². The Kier molecular flexibility index (Phi) is 6.69. The zero-order valence-corrected chi connectivity index (χ0v) is 17.9. The summed E-state index contributed by atoms with van der Waals surface area (Å²) in [5, 5.41) is 6.31. The first-order chi connectivity index (χ1) is 15.2. The minimum Gasteiger partial charge on any atom is -0.375 e. The molecule has 3 aromatic carbocycles. The molecule has 4 rings (SSSR count). The van der Waals surface area contributed by atoms with Gasteiger partial charge in [-0.2, -0.15) is 0 Å². The Morgan fingerprint density at radius 3 is 2.06 bits per heavy atom. The zero-order chi connectivity index (χ0) is 21.5. The maximum Gasteiger partial charge on any atom is 0.221 e. The lowest BCUT2D eigenvalue weighted by molar-refractivity contribution is -0.121. The molecule has 0 aliphatic rings. The molecule has 0 aliphatic heterocycles. The van der Waals surface area contributed by atoms with Crippen LogP contribution in [0.2, 0.25) is 0 Å². The molecular formula is C25H24N4OS. The number of hydrogen-bond donors (Lipinski definition) is 3. The summed E-state index contributed by atoms with van der Waals surface area (Å²) < 4.78 is 0. The van der Waals surface area contributed by atoms with E-state index in [4.69, 9.17) is 17.2 Å². The van der Waals surface area contributed by atoms with E-state index in [0.29, 0.717) is 23.9 Å². The molecule has 0 spiro atoms. The van der Waals surface area contributed by atoms with E-state index in [0.717, 1.165) is 22.2 Å². The fourth-order valence-corrected chi connectivity index (χ4v) is 3.68. The highest BCUT2D eigenvalue weighted by Crippen LogP contribution is 2.22. The topological polar surface area (TPSA) is 69.8 Å². The minimum atomic E-state index is -0.345. The summed E-state index contributed by atoms with van der Waals surface area (Å²) in [6, 6.07) is 27.7. The van der Waals surface area contributed by atoms with Crippen molar-refractivity contribution < 1.29 is 4.79 Å². The van der Waals surface area contributed by atoms with Gasteiger partial charge in [-0.05, 0) is 23.3 Å². The van der Waals surface area contributed by atoms with Gasteiger partial charge in [0.1, 0.15) is 5.82 Å². The molecule has 1 amide bonds. The SMILES string of the molecule is O=C(CC(C(=S)NCc1ccccc1)c1nc2ccccc2[nH]1)NCc1ccccc1. The molecule has 3 N–H and O–H groups in total. The molecule has 0 saturated carbocycles. The number of carbonyl (C=O) groups excluding carboxylic acids is 1. The second-order valence-corrected chi connectivity index (χ2v) is 7.80. The van der Waals surface area contributed by atoms with Gasteiger partial charge in [0, 0.05) is 19.5 Å². The smallest absolute Gasteiger partial charge is 0.221 e. The van der Waals surface area contributed by atoms with Crippen molar-refractivity contribution >= 4 is 34.1 Å². The van der Waals surface area contributed by atoms with Crippen molar-refractivity contribution in [3.05, 3.63) is 102 Å². The van der Waals surface area contributed by atoms with Crippen LogP contribution in [0.5, 0.6) is 0 Å². The van der Waals surface area contributed by atoms with Crippen LogP contribution in [0.3, 0.4) is 0 Å². The van der Waals surface area contributed by atoms with Gasteiger partial charge in [0.2, 0.25) is 5.91 Å². The number of fused-ring (bicyclic) bond motifs is 1. The first kappa shape index (κ1) is 20.8. The number of nitrogens with zero attached hydrogens (tertiary/aromatic N) is 1. The van der Waals surface area contributed by atoms with Crippen molar-refractivity contribution in [2.45, 2.75) is 25.4 Å². The van der Waals surface area contributed by atoms with Crippen LogP contribution in [0.1, 0.15) is 29.3 Å². The van der Waals surface area contributed by atoms with Crippen molar-refractivity contribution in [1.29, 1.82) is 0 Å². The maximum absolute atomic E-state index is 12.8. The Morgan fingerprint density at radius 2 is 1.42 bits per heavy atom. The largest absolute Gasteiger partial charge is 0.375 e. The molecule has 0 aliphatic carbocycles. The number of thiocarbonyl (C=S) groups is 1. The fourth-order valence-electron chi connectivity index (χ4n) is 3.41. The molecule has 1 aromatic heterocycles. The van der Waals surface area contributed by atoms with Crippen LogP contribution in [-0.4, -0.2) is 20.9 Å². The van der Waals surface area contributed by atoms with Crippen LogP contribution < -0.4 is 10.6 Å². The fraction of sp³-hybridized carbons (Fsp3) is 0.160. The third-order valence-corrected chi connectivity index (χ3v) is 5.51. The normalized spacial score (nSPS) is 11.7. The molecule has 0 fully saturated rings. The Labute approximate surface area is 186 Å². The van der Waals surface area contributed by atoms with Gasteiger partial charge in [-0.3, -0.25) is 4.79 Å². The molecule has 1 heterocycles. The number of aromatic amines is 1. The van der Waals surface area contributed by atoms with Gasteiger partial charge >= 0.3 is 0 Å². The predicted molar refractivity (Wildman–Crippen MR) is 128 cm³/mol. The number of carbonyl (C=O) groups is 1. The average molecular weight is 429 g/mol. The number of amides is 1. The number of benzene rings is 3. The van der Waals surface area contributed by atoms with Gasteiger partial charge in [-0.1, -0.05) is 85.0 Å². The molecule has 0 bridgehead atoms. The van der Waals surface area contributed by atoms with E-state index in [2.05, 4.69) is 15.6 Å². The maximum atomic E-state index is 12.8. The molecule has 1 atom stereocenters. The van der Waals surface area contributed by atoms with Gasteiger partial charge in [0.25, 0.3) is 0 Å². The van der Waals surface area contributed by atoms with E-state index >= 15 is 0 Å². The molecule has 1 unspecified atom stereocenters. The lowest BCUT2D eigenvalue weighted by Gasteiger charge is -2.18. The molecule has 0 radical (unpaired) electrons. The van der Waals surface area contributed by atoms with Crippen LogP contribution in [0.25, 0.3) is 11.0 Å². The summed E-state index contributed by atoms with van der Waals surface area (Å²) in [7, 11) is 0. The third-order valence-electron chi connectivity index (χ3n) is 5.09. The first-order valence-corrected chi connectivity index (χ1v) is 10.7. The zero-order valence-electron chi connectivity index (χ0n) is 17.0. The summed E-state index contributed by atoms with van der Waals surface area (Å²) >= 11 is 5.71. The summed E-state index contributed by atoms with van der Waals surface area (Å²) in [5.74, 6) is 0.279. The standard InChI is InChI=1S/C25H24N4OS/c30-23(26-16-18-9-3-1-4-10-18)15-20(24-28-21-13-7-8-14-22(21)29-24)25(31)27-17-19-11-5-2-6-12-19/h1-14,20H,15-17H2,(H,26,30)(H,27,31)(H,28,29). The van der Waals surface area contributed by atoms with E-state index in [1.54, 1.807) is 0 Å². The Balaban J connectivity index is 1.48. The highest BCUT2D eigenvalue weighted by Gasteiger charge is 2.24. The molecule has 4 aromatic rings. The summed E-state index contributed by atoms with van der Waals surface area (Å²) in [4.78, 5) is 21.4. The van der Waals surface area contributed by atoms with E-state index < -0.39 is 0 Å². The average Bonchev–Trinajstić information content (AvgIpc) is 3.25. The number of rotatable bonds is 8. The van der Waals surface area contributed by atoms with Crippen LogP contribution in [0.15, 0.2) is 84.9 Å². The first-order valence-electron chi connectivity index (χ1n) is 10.3. The molecule has 156 valence electrons. The van der Waals surface area contributed by atoms with Crippen LogP contribution in [-0.2, 0) is 17.9 Å². The van der Waals surface area contributed by atoms with Gasteiger partial charge in [-0.15, -0.1) is 0 Å². The quantitative estimate of drug-likeness (QED) is 0.362. The lowest BCUT2D eigenvalue weighted by atomic mass is 10.0. The van der Waals surface area contributed by atoms with Crippen molar-refractivity contribution in [3.63, 3.8) is 0 Å². The summed E-state index contributed by atoms with van der Waals surface area (Å²) in [5.41, 5.74) is 3.97. The highest BCUT2D eigenvalue weighted by molar-refractivity contribution is 7.80. The molecular weight excluding hydrogens is 404 g/mol. The molecule has 6 heteroatoms. The van der Waals surface area contributed by atoms with Gasteiger partial charge in [-0.25, -0.2) is 4.98 Å². The Hall–Kier alpha value is -3.51. The second-order valence-electron chi connectivity index (χ2n) is 7.36. The van der Waals surface area contributed by atoms with E-state index in [-0.39, 0.29) is 18.2 Å². The summed E-state index contributed by atoms with van der Waals surface area (Å²) in [6.07, 6.45) is 0.216. The lowest BCUT2D eigenvalue weighted by Crippen LogP contribution is -2.32. The highest BCUT2D eigenvalue weighted by atomic mass is 32.1. The number of para-hydroxylation sites is 2. The monoisotopic (exact) mass is 428 g/mol. The van der Waals surface area contributed by atoms with Crippen molar-refractivity contribution in [3.8, 4) is 0 Å². The van der Waals surface area contributed by atoms with Crippen molar-refractivity contribution in [2.24, 2.45) is 0 Å². The predicted octanol–water partition coefficient (Wildman–Crippen LogP) is 4.47. The number of imidazole rings is 1.